The maximum Gasteiger partial charge on any atom is 0.255 e. The average Bonchev–Trinajstić information content (AvgIpc) is 2.68. The van der Waals surface area contributed by atoms with E-state index in [1.165, 1.54) is 0 Å². The fraction of sp³-hybridized carbons (Fsp3) is 0.250. The fourth-order valence-corrected chi connectivity index (χ4v) is 2.71. The van der Waals surface area contributed by atoms with Crippen LogP contribution in [0.2, 0.25) is 0 Å². The van der Waals surface area contributed by atoms with Crippen molar-refractivity contribution in [2.75, 3.05) is 43.1 Å². The highest BCUT2D eigenvalue weighted by molar-refractivity contribution is 6.06. The number of hydrogen-bond donors (Lipinski definition) is 1. The predicted octanol–water partition coefficient (Wildman–Crippen LogP) is 3.34. The maximum atomic E-state index is 12.6. The Labute approximate surface area is 147 Å². The van der Waals surface area contributed by atoms with Crippen LogP contribution in [-0.2, 0) is 4.74 Å². The SMILES string of the molecule is C=CCOc1ccc(C(=O)Nc2ccccc2N2CCOCC2)cc1. The van der Waals surface area contributed by atoms with Gasteiger partial charge in [-0.2, -0.15) is 0 Å². The molecule has 130 valence electrons. The second-order valence-corrected chi connectivity index (χ2v) is 5.69. The maximum absolute atomic E-state index is 12.6. The van der Waals surface area contributed by atoms with Crippen LogP contribution in [-0.4, -0.2) is 38.8 Å². The lowest BCUT2D eigenvalue weighted by Gasteiger charge is -2.30. The highest BCUT2D eigenvalue weighted by atomic mass is 16.5. The van der Waals surface area contributed by atoms with Crippen LogP contribution in [0, 0.1) is 0 Å². The minimum Gasteiger partial charge on any atom is -0.490 e. The molecule has 0 radical (unpaired) electrons. The van der Waals surface area contributed by atoms with E-state index in [4.69, 9.17) is 9.47 Å². The third-order valence-electron chi connectivity index (χ3n) is 3.99. The Hall–Kier alpha value is -2.79. The van der Waals surface area contributed by atoms with Gasteiger partial charge in [-0.15, -0.1) is 0 Å². The molecule has 3 rings (SSSR count). The molecule has 5 nitrogen and oxygen atoms in total. The molecule has 1 N–H and O–H groups in total. The molecule has 1 aliphatic rings. The number of hydrogen-bond acceptors (Lipinski definition) is 4. The van der Waals surface area contributed by atoms with Crippen molar-refractivity contribution < 1.29 is 14.3 Å². The largest absolute Gasteiger partial charge is 0.490 e. The molecule has 0 aromatic heterocycles. The van der Waals surface area contributed by atoms with Crippen molar-refractivity contribution in [2.45, 2.75) is 0 Å². The van der Waals surface area contributed by atoms with E-state index in [1.807, 2.05) is 24.3 Å². The van der Waals surface area contributed by atoms with Crippen LogP contribution in [0.25, 0.3) is 0 Å². The molecule has 1 aliphatic heterocycles. The van der Waals surface area contributed by atoms with Gasteiger partial charge in [-0.05, 0) is 36.4 Å². The summed E-state index contributed by atoms with van der Waals surface area (Å²) >= 11 is 0. The summed E-state index contributed by atoms with van der Waals surface area (Å²) in [6, 6.07) is 14.9. The highest BCUT2D eigenvalue weighted by Gasteiger charge is 2.16. The lowest BCUT2D eigenvalue weighted by Crippen LogP contribution is -2.36. The van der Waals surface area contributed by atoms with Crippen LogP contribution in [0.5, 0.6) is 5.75 Å². The molecule has 0 spiro atoms. The van der Waals surface area contributed by atoms with Crippen LogP contribution < -0.4 is 15.0 Å². The molecule has 1 amide bonds. The van der Waals surface area contributed by atoms with Crippen molar-refractivity contribution in [1.29, 1.82) is 0 Å². The molecule has 2 aromatic rings. The molecule has 0 saturated carbocycles. The molecular weight excluding hydrogens is 316 g/mol. The second-order valence-electron chi connectivity index (χ2n) is 5.69. The van der Waals surface area contributed by atoms with Crippen LogP contribution in [0.15, 0.2) is 61.2 Å². The summed E-state index contributed by atoms with van der Waals surface area (Å²) in [5, 5.41) is 3.01. The number of benzene rings is 2. The third kappa shape index (κ3) is 4.39. The molecule has 2 aromatic carbocycles. The molecule has 25 heavy (non-hydrogen) atoms. The van der Waals surface area contributed by atoms with E-state index in [9.17, 15) is 4.79 Å². The molecule has 1 saturated heterocycles. The van der Waals surface area contributed by atoms with Crippen molar-refractivity contribution in [1.82, 2.24) is 0 Å². The molecule has 5 heteroatoms. The number of rotatable bonds is 6. The van der Waals surface area contributed by atoms with Crippen LogP contribution in [0.3, 0.4) is 0 Å². The minimum absolute atomic E-state index is 0.143. The number of amides is 1. The molecular formula is C20H22N2O3. The van der Waals surface area contributed by atoms with Gasteiger partial charge < -0.3 is 19.7 Å². The Morgan fingerprint density at radius 2 is 1.88 bits per heavy atom. The first-order valence-electron chi connectivity index (χ1n) is 8.35. The van der Waals surface area contributed by atoms with E-state index < -0.39 is 0 Å². The highest BCUT2D eigenvalue weighted by Crippen LogP contribution is 2.27. The Balaban J connectivity index is 1.71. The molecule has 0 bridgehead atoms. The Kier molecular flexibility index (Phi) is 5.69. The monoisotopic (exact) mass is 338 g/mol. The number of ether oxygens (including phenoxy) is 2. The summed E-state index contributed by atoms with van der Waals surface area (Å²) in [4.78, 5) is 14.8. The lowest BCUT2D eigenvalue weighted by molar-refractivity contribution is 0.102. The van der Waals surface area contributed by atoms with Gasteiger partial charge in [-0.3, -0.25) is 4.79 Å². The fourth-order valence-electron chi connectivity index (χ4n) is 2.71. The molecule has 0 unspecified atom stereocenters. The van der Waals surface area contributed by atoms with Crippen LogP contribution >= 0.6 is 0 Å². The van der Waals surface area contributed by atoms with Gasteiger partial charge in [0.1, 0.15) is 12.4 Å². The van der Waals surface area contributed by atoms with Gasteiger partial charge in [0.25, 0.3) is 5.91 Å². The number of nitrogens with one attached hydrogen (secondary N) is 1. The summed E-state index contributed by atoms with van der Waals surface area (Å²) in [6.07, 6.45) is 1.68. The zero-order chi connectivity index (χ0) is 17.5. The number of para-hydroxylation sites is 2. The number of carbonyl (C=O) groups excluding carboxylic acids is 1. The van der Waals surface area contributed by atoms with Crippen molar-refractivity contribution in [3.05, 3.63) is 66.7 Å². The second kappa shape index (κ2) is 8.35. The summed E-state index contributed by atoms with van der Waals surface area (Å²) in [6.45, 7) is 7.11. The molecule has 0 aliphatic carbocycles. The van der Waals surface area contributed by atoms with Gasteiger partial charge in [-0.1, -0.05) is 24.8 Å². The minimum atomic E-state index is -0.143. The Bertz CT molecular complexity index is 722. The Morgan fingerprint density at radius 1 is 1.16 bits per heavy atom. The first-order valence-corrected chi connectivity index (χ1v) is 8.35. The lowest BCUT2D eigenvalue weighted by atomic mass is 10.2. The first kappa shape index (κ1) is 17.0. The van der Waals surface area contributed by atoms with Gasteiger partial charge in [-0.25, -0.2) is 0 Å². The van der Waals surface area contributed by atoms with Gasteiger partial charge in [0.15, 0.2) is 0 Å². The van der Waals surface area contributed by atoms with Crippen molar-refractivity contribution in [2.24, 2.45) is 0 Å². The predicted molar refractivity (Wildman–Crippen MR) is 99.6 cm³/mol. The van der Waals surface area contributed by atoms with E-state index in [1.54, 1.807) is 30.3 Å². The van der Waals surface area contributed by atoms with E-state index in [0.717, 1.165) is 24.5 Å². The topological polar surface area (TPSA) is 50.8 Å². The normalized spacial score (nSPS) is 14.0. The van der Waals surface area contributed by atoms with Crippen LogP contribution in [0.1, 0.15) is 10.4 Å². The number of nitrogens with zero attached hydrogens (tertiary/aromatic N) is 1. The quantitative estimate of drug-likeness (QED) is 0.821. The summed E-state index contributed by atoms with van der Waals surface area (Å²) in [5.74, 6) is 0.571. The van der Waals surface area contributed by atoms with E-state index in [-0.39, 0.29) is 5.91 Å². The average molecular weight is 338 g/mol. The molecule has 1 heterocycles. The summed E-state index contributed by atoms with van der Waals surface area (Å²) in [5.41, 5.74) is 2.41. The van der Waals surface area contributed by atoms with Gasteiger partial charge in [0.2, 0.25) is 0 Å². The molecule has 0 atom stereocenters. The third-order valence-corrected chi connectivity index (χ3v) is 3.99. The van der Waals surface area contributed by atoms with Crippen molar-refractivity contribution in [3.8, 4) is 5.75 Å². The van der Waals surface area contributed by atoms with Crippen molar-refractivity contribution >= 4 is 17.3 Å². The standard InChI is InChI=1S/C20H22N2O3/c1-2-13-25-17-9-7-16(8-10-17)20(23)21-18-5-3-4-6-19(18)22-11-14-24-15-12-22/h2-10H,1,11-15H2,(H,21,23). The number of morpholine rings is 1. The van der Waals surface area contributed by atoms with Gasteiger partial charge in [0.05, 0.1) is 24.6 Å². The summed E-state index contributed by atoms with van der Waals surface area (Å²) in [7, 11) is 0. The zero-order valence-corrected chi connectivity index (χ0v) is 14.1. The van der Waals surface area contributed by atoms with Gasteiger partial charge in [0, 0.05) is 18.7 Å². The van der Waals surface area contributed by atoms with E-state index >= 15 is 0 Å². The van der Waals surface area contributed by atoms with E-state index in [2.05, 4.69) is 16.8 Å². The molecule has 1 fully saturated rings. The van der Waals surface area contributed by atoms with Crippen LogP contribution in [0.4, 0.5) is 11.4 Å². The summed E-state index contributed by atoms with van der Waals surface area (Å²) < 4.78 is 10.8. The zero-order valence-electron chi connectivity index (χ0n) is 14.1. The van der Waals surface area contributed by atoms with Gasteiger partial charge >= 0.3 is 0 Å². The van der Waals surface area contributed by atoms with Crippen molar-refractivity contribution in [3.63, 3.8) is 0 Å². The number of anilines is 2. The first-order chi connectivity index (χ1) is 12.3. The number of carbonyl (C=O) groups is 1. The van der Waals surface area contributed by atoms with E-state index in [0.29, 0.717) is 31.1 Å². The Morgan fingerprint density at radius 3 is 2.60 bits per heavy atom. The smallest absolute Gasteiger partial charge is 0.255 e.